The molecule has 1 aliphatic heterocycles. The van der Waals surface area contributed by atoms with E-state index < -0.39 is 5.60 Å². The molecule has 0 spiro atoms. The summed E-state index contributed by atoms with van der Waals surface area (Å²) in [6.07, 6.45) is 8.64. The molecule has 2 heterocycles. The van der Waals surface area contributed by atoms with Gasteiger partial charge in [0.15, 0.2) is 0 Å². The Morgan fingerprint density at radius 1 is 1.29 bits per heavy atom. The number of fused-ring (bicyclic) bond motifs is 1. The normalized spacial score (nSPS) is 27.3. The Hall–Kier alpha value is -0.870. The van der Waals surface area contributed by atoms with Crippen LogP contribution in [0.1, 0.15) is 59.3 Å². The van der Waals surface area contributed by atoms with Crippen molar-refractivity contribution in [2.75, 3.05) is 13.1 Å². The van der Waals surface area contributed by atoms with E-state index in [1.807, 2.05) is 4.90 Å². The number of likely N-dealkylation sites (tertiary alicyclic amines) is 1. The minimum Gasteiger partial charge on any atom is -0.390 e. The van der Waals surface area contributed by atoms with Crippen molar-refractivity contribution in [3.05, 3.63) is 21.4 Å². The van der Waals surface area contributed by atoms with Crippen molar-refractivity contribution in [1.29, 1.82) is 0 Å². The van der Waals surface area contributed by atoms with E-state index >= 15 is 0 Å². The number of amides is 1. The fourth-order valence-electron chi connectivity index (χ4n) is 3.98. The summed E-state index contributed by atoms with van der Waals surface area (Å²) in [7, 11) is 0. The molecule has 1 saturated carbocycles. The minimum absolute atomic E-state index is 0.220. The summed E-state index contributed by atoms with van der Waals surface area (Å²) in [6.45, 7) is 1.61. The second-order valence-corrected chi connectivity index (χ2v) is 7.85. The molecule has 2 fully saturated rings. The summed E-state index contributed by atoms with van der Waals surface area (Å²) in [5.74, 6) is 0.517. The van der Waals surface area contributed by atoms with Gasteiger partial charge in [-0.2, -0.15) is 0 Å². The SMILES string of the molecule is O=C(c1scc2c1CCCC2)N1CCCC(C2(O)CC2)C1. The molecule has 2 aliphatic carbocycles. The van der Waals surface area contributed by atoms with E-state index in [1.54, 1.807) is 11.3 Å². The number of hydrogen-bond acceptors (Lipinski definition) is 3. The van der Waals surface area contributed by atoms with Crippen molar-refractivity contribution >= 4 is 17.2 Å². The van der Waals surface area contributed by atoms with Crippen molar-refractivity contribution in [2.45, 2.75) is 57.0 Å². The predicted octanol–water partition coefficient (Wildman–Crippen LogP) is 3.00. The predicted molar refractivity (Wildman–Crippen MR) is 83.8 cm³/mol. The van der Waals surface area contributed by atoms with Crippen LogP contribution in [0.3, 0.4) is 0 Å². The molecule has 0 radical (unpaired) electrons. The molecule has 1 atom stereocenters. The number of piperidine rings is 1. The average Bonchev–Trinajstić information content (AvgIpc) is 3.14. The topological polar surface area (TPSA) is 40.5 Å². The Bertz CT molecular complexity index is 561. The Labute approximate surface area is 130 Å². The highest BCUT2D eigenvalue weighted by molar-refractivity contribution is 7.12. The largest absolute Gasteiger partial charge is 0.390 e. The summed E-state index contributed by atoms with van der Waals surface area (Å²) in [6, 6.07) is 0. The first-order chi connectivity index (χ1) is 10.2. The Morgan fingerprint density at radius 2 is 2.10 bits per heavy atom. The van der Waals surface area contributed by atoms with Gasteiger partial charge in [0, 0.05) is 19.0 Å². The van der Waals surface area contributed by atoms with Gasteiger partial charge in [-0.3, -0.25) is 4.79 Å². The first kappa shape index (κ1) is 13.8. The molecule has 0 bridgehead atoms. The molecule has 1 aromatic heterocycles. The zero-order chi connectivity index (χ0) is 14.4. The van der Waals surface area contributed by atoms with Gasteiger partial charge in [-0.1, -0.05) is 0 Å². The van der Waals surface area contributed by atoms with Crippen LogP contribution >= 0.6 is 11.3 Å². The smallest absolute Gasteiger partial charge is 0.264 e. The maximum absolute atomic E-state index is 12.9. The Kier molecular flexibility index (Phi) is 3.34. The van der Waals surface area contributed by atoms with Crippen LogP contribution in [0.15, 0.2) is 5.38 Å². The van der Waals surface area contributed by atoms with Gasteiger partial charge in [0.05, 0.1) is 10.5 Å². The Morgan fingerprint density at radius 3 is 2.90 bits per heavy atom. The number of carbonyl (C=O) groups is 1. The van der Waals surface area contributed by atoms with E-state index in [0.717, 1.165) is 56.5 Å². The molecule has 1 aromatic rings. The lowest BCUT2D eigenvalue weighted by Gasteiger charge is -2.35. The van der Waals surface area contributed by atoms with Crippen LogP contribution in [0.4, 0.5) is 0 Å². The van der Waals surface area contributed by atoms with Gasteiger partial charge in [0.25, 0.3) is 5.91 Å². The minimum atomic E-state index is -0.451. The highest BCUT2D eigenvalue weighted by atomic mass is 32.1. The highest BCUT2D eigenvalue weighted by Gasteiger charge is 2.49. The van der Waals surface area contributed by atoms with E-state index in [2.05, 4.69) is 5.38 Å². The molecule has 4 rings (SSSR count). The molecule has 1 saturated heterocycles. The molecule has 3 nitrogen and oxygen atoms in total. The second-order valence-electron chi connectivity index (χ2n) is 6.97. The van der Waals surface area contributed by atoms with Crippen LogP contribution in [-0.2, 0) is 12.8 Å². The van der Waals surface area contributed by atoms with E-state index in [0.29, 0.717) is 5.92 Å². The van der Waals surface area contributed by atoms with Crippen LogP contribution < -0.4 is 0 Å². The van der Waals surface area contributed by atoms with E-state index in [4.69, 9.17) is 0 Å². The lowest BCUT2D eigenvalue weighted by Crippen LogP contribution is -2.44. The second kappa shape index (κ2) is 5.10. The average molecular weight is 305 g/mol. The standard InChI is InChI=1S/C17H23NO2S/c19-16(15-14-6-2-1-4-12(14)11-21-15)18-9-3-5-13(10-18)17(20)7-8-17/h11,13,20H,1-10H2. The van der Waals surface area contributed by atoms with Crippen molar-refractivity contribution < 1.29 is 9.90 Å². The lowest BCUT2D eigenvalue weighted by molar-refractivity contribution is 0.0284. The van der Waals surface area contributed by atoms with Gasteiger partial charge < -0.3 is 10.0 Å². The molecule has 114 valence electrons. The number of aliphatic hydroxyl groups is 1. The van der Waals surface area contributed by atoms with E-state index in [1.165, 1.54) is 24.0 Å². The zero-order valence-corrected chi connectivity index (χ0v) is 13.3. The van der Waals surface area contributed by atoms with E-state index in [9.17, 15) is 9.90 Å². The summed E-state index contributed by atoms with van der Waals surface area (Å²) in [5, 5.41) is 12.5. The number of hydrogen-bond donors (Lipinski definition) is 1. The van der Waals surface area contributed by atoms with Gasteiger partial charge in [-0.05, 0) is 67.9 Å². The third-order valence-electron chi connectivity index (χ3n) is 5.53. The van der Waals surface area contributed by atoms with Crippen LogP contribution in [0, 0.1) is 5.92 Å². The summed E-state index contributed by atoms with van der Waals surface area (Å²) < 4.78 is 0. The van der Waals surface area contributed by atoms with Crippen molar-refractivity contribution in [3.63, 3.8) is 0 Å². The van der Waals surface area contributed by atoms with Gasteiger partial charge in [0.2, 0.25) is 0 Å². The maximum atomic E-state index is 12.9. The molecular formula is C17H23NO2S. The molecule has 4 heteroatoms. The number of rotatable bonds is 2. The van der Waals surface area contributed by atoms with Gasteiger partial charge >= 0.3 is 0 Å². The number of aryl methyl sites for hydroxylation is 1. The van der Waals surface area contributed by atoms with Crippen LogP contribution in [0.25, 0.3) is 0 Å². The number of carbonyl (C=O) groups excluding carboxylic acids is 1. The summed E-state index contributed by atoms with van der Waals surface area (Å²) in [4.78, 5) is 15.9. The van der Waals surface area contributed by atoms with Gasteiger partial charge in [-0.15, -0.1) is 11.3 Å². The first-order valence-corrected chi connectivity index (χ1v) is 9.16. The van der Waals surface area contributed by atoms with Crippen molar-refractivity contribution in [3.8, 4) is 0 Å². The van der Waals surface area contributed by atoms with Gasteiger partial charge in [0.1, 0.15) is 0 Å². The summed E-state index contributed by atoms with van der Waals surface area (Å²) >= 11 is 1.64. The third kappa shape index (κ3) is 2.42. The monoisotopic (exact) mass is 305 g/mol. The number of thiophene rings is 1. The van der Waals surface area contributed by atoms with Crippen LogP contribution in [0.5, 0.6) is 0 Å². The first-order valence-electron chi connectivity index (χ1n) is 8.28. The molecule has 3 aliphatic rings. The van der Waals surface area contributed by atoms with Crippen LogP contribution in [0.2, 0.25) is 0 Å². The lowest BCUT2D eigenvalue weighted by atomic mass is 9.90. The van der Waals surface area contributed by atoms with Crippen molar-refractivity contribution in [1.82, 2.24) is 4.90 Å². The quantitative estimate of drug-likeness (QED) is 0.912. The maximum Gasteiger partial charge on any atom is 0.264 e. The fourth-order valence-corrected chi connectivity index (χ4v) is 5.10. The third-order valence-corrected chi connectivity index (χ3v) is 6.59. The molecule has 1 N–H and O–H groups in total. The summed E-state index contributed by atoms with van der Waals surface area (Å²) in [5.41, 5.74) is 2.28. The molecule has 0 aromatic carbocycles. The molecule has 1 amide bonds. The fraction of sp³-hybridized carbons (Fsp3) is 0.706. The number of nitrogens with zero attached hydrogens (tertiary/aromatic N) is 1. The molecular weight excluding hydrogens is 282 g/mol. The van der Waals surface area contributed by atoms with Crippen molar-refractivity contribution in [2.24, 2.45) is 5.92 Å². The van der Waals surface area contributed by atoms with Gasteiger partial charge in [-0.25, -0.2) is 0 Å². The van der Waals surface area contributed by atoms with Crippen LogP contribution in [-0.4, -0.2) is 34.6 Å². The highest BCUT2D eigenvalue weighted by Crippen LogP contribution is 2.45. The molecule has 1 unspecified atom stereocenters. The Balaban J connectivity index is 1.53. The van der Waals surface area contributed by atoms with E-state index in [-0.39, 0.29) is 5.91 Å². The zero-order valence-electron chi connectivity index (χ0n) is 12.4. The molecule has 21 heavy (non-hydrogen) atoms.